The van der Waals surface area contributed by atoms with Gasteiger partial charge in [0.05, 0.1) is 5.69 Å². The van der Waals surface area contributed by atoms with Gasteiger partial charge >= 0.3 is 0 Å². The summed E-state index contributed by atoms with van der Waals surface area (Å²) in [6, 6.07) is 9.03. The summed E-state index contributed by atoms with van der Waals surface area (Å²) in [5.41, 5.74) is 4.86. The molecule has 0 aliphatic carbocycles. The van der Waals surface area contributed by atoms with E-state index < -0.39 is 0 Å². The Kier molecular flexibility index (Phi) is 3.82. The maximum absolute atomic E-state index is 4.50. The summed E-state index contributed by atoms with van der Waals surface area (Å²) in [5, 5.41) is 7.77. The molecule has 1 unspecified atom stereocenters. The number of nitrogens with zero attached hydrogens (tertiary/aromatic N) is 2. The molecule has 2 aromatic rings. The van der Waals surface area contributed by atoms with E-state index in [1.807, 2.05) is 11.7 Å². The van der Waals surface area contributed by atoms with E-state index in [1.165, 1.54) is 16.7 Å². The lowest BCUT2D eigenvalue weighted by atomic mass is 10.0. The first-order valence-corrected chi connectivity index (χ1v) is 6.47. The highest BCUT2D eigenvalue weighted by atomic mass is 15.3. The predicted molar refractivity (Wildman–Crippen MR) is 75.5 cm³/mol. The van der Waals surface area contributed by atoms with Gasteiger partial charge in [0, 0.05) is 24.3 Å². The van der Waals surface area contributed by atoms with Crippen molar-refractivity contribution in [3.63, 3.8) is 0 Å². The van der Waals surface area contributed by atoms with Crippen LogP contribution in [0.15, 0.2) is 30.5 Å². The van der Waals surface area contributed by atoms with Crippen LogP contribution >= 0.6 is 0 Å². The fourth-order valence-corrected chi connectivity index (χ4v) is 2.11. The largest absolute Gasteiger partial charge is 0.313 e. The lowest BCUT2D eigenvalue weighted by Gasteiger charge is -2.11. The van der Waals surface area contributed by atoms with Crippen molar-refractivity contribution in [1.29, 1.82) is 0 Å². The average Bonchev–Trinajstić information content (AvgIpc) is 2.79. The van der Waals surface area contributed by atoms with Gasteiger partial charge in [0.25, 0.3) is 0 Å². The molecule has 0 amide bonds. The molecule has 18 heavy (non-hydrogen) atoms. The lowest BCUT2D eigenvalue weighted by molar-refractivity contribution is 0.652. The van der Waals surface area contributed by atoms with Gasteiger partial charge in [-0.3, -0.25) is 4.68 Å². The minimum absolute atomic E-state index is 0.367. The van der Waals surface area contributed by atoms with E-state index in [1.54, 1.807) is 0 Å². The van der Waals surface area contributed by atoms with Crippen LogP contribution in [0.2, 0.25) is 0 Å². The maximum Gasteiger partial charge on any atom is 0.0672 e. The molecule has 0 saturated carbocycles. The van der Waals surface area contributed by atoms with Crippen molar-refractivity contribution >= 4 is 0 Å². The standard InChI is InChI=1S/C15H21N3/c1-5-18-10-15(12(3)17-18)14-8-6-7-13(9-14)11(2)16-4/h6-11,16H,5H2,1-4H3. The zero-order valence-electron chi connectivity index (χ0n) is 11.6. The molecule has 1 N–H and O–H groups in total. The van der Waals surface area contributed by atoms with Crippen LogP contribution in [0.1, 0.15) is 31.1 Å². The van der Waals surface area contributed by atoms with Gasteiger partial charge in [0.15, 0.2) is 0 Å². The van der Waals surface area contributed by atoms with Gasteiger partial charge in [-0.2, -0.15) is 5.10 Å². The van der Waals surface area contributed by atoms with Gasteiger partial charge in [0.1, 0.15) is 0 Å². The molecule has 2 rings (SSSR count). The number of hydrogen-bond acceptors (Lipinski definition) is 2. The highest BCUT2D eigenvalue weighted by Gasteiger charge is 2.09. The summed E-state index contributed by atoms with van der Waals surface area (Å²) in [5.74, 6) is 0. The summed E-state index contributed by atoms with van der Waals surface area (Å²) in [7, 11) is 1.98. The van der Waals surface area contributed by atoms with Crippen molar-refractivity contribution in [2.75, 3.05) is 7.05 Å². The van der Waals surface area contributed by atoms with Gasteiger partial charge < -0.3 is 5.32 Å². The van der Waals surface area contributed by atoms with Gasteiger partial charge in [0.2, 0.25) is 0 Å². The van der Waals surface area contributed by atoms with Crippen LogP contribution in [0.3, 0.4) is 0 Å². The first-order valence-electron chi connectivity index (χ1n) is 6.47. The number of hydrogen-bond donors (Lipinski definition) is 1. The molecule has 1 atom stereocenters. The van der Waals surface area contributed by atoms with Gasteiger partial charge in [-0.1, -0.05) is 18.2 Å². The molecule has 96 valence electrons. The second-order valence-corrected chi connectivity index (χ2v) is 4.62. The van der Waals surface area contributed by atoms with Crippen LogP contribution in [0, 0.1) is 6.92 Å². The Morgan fingerprint density at radius 2 is 2.17 bits per heavy atom. The van der Waals surface area contributed by atoms with Crippen LogP contribution in [-0.2, 0) is 6.54 Å². The zero-order chi connectivity index (χ0) is 13.1. The highest BCUT2D eigenvalue weighted by molar-refractivity contribution is 5.65. The normalized spacial score (nSPS) is 12.7. The van der Waals surface area contributed by atoms with E-state index in [0.717, 1.165) is 12.2 Å². The molecule has 0 radical (unpaired) electrons. The second-order valence-electron chi connectivity index (χ2n) is 4.62. The number of aromatic nitrogens is 2. The Labute approximate surface area is 109 Å². The van der Waals surface area contributed by atoms with Gasteiger partial charge in [-0.05, 0) is 45.0 Å². The smallest absolute Gasteiger partial charge is 0.0672 e. The Balaban J connectivity index is 2.41. The van der Waals surface area contributed by atoms with Crippen LogP contribution in [0.4, 0.5) is 0 Å². The summed E-state index contributed by atoms with van der Waals surface area (Å²) in [6.45, 7) is 7.25. The molecular formula is C15H21N3. The van der Waals surface area contributed by atoms with E-state index in [4.69, 9.17) is 0 Å². The lowest BCUT2D eigenvalue weighted by Crippen LogP contribution is -2.12. The maximum atomic E-state index is 4.50. The van der Waals surface area contributed by atoms with Crippen LogP contribution in [0.25, 0.3) is 11.1 Å². The number of benzene rings is 1. The molecule has 0 spiro atoms. The molecule has 3 nitrogen and oxygen atoms in total. The van der Waals surface area contributed by atoms with Crippen LogP contribution < -0.4 is 5.32 Å². The van der Waals surface area contributed by atoms with Crippen molar-refractivity contribution in [3.8, 4) is 11.1 Å². The van der Waals surface area contributed by atoms with Crippen LogP contribution in [-0.4, -0.2) is 16.8 Å². The van der Waals surface area contributed by atoms with Crippen molar-refractivity contribution < 1.29 is 0 Å². The third-order valence-electron chi connectivity index (χ3n) is 3.40. The molecule has 0 aliphatic heterocycles. The zero-order valence-corrected chi connectivity index (χ0v) is 11.6. The van der Waals surface area contributed by atoms with E-state index >= 15 is 0 Å². The highest BCUT2D eigenvalue weighted by Crippen LogP contribution is 2.25. The molecule has 1 aromatic heterocycles. The Morgan fingerprint density at radius 3 is 2.78 bits per heavy atom. The molecule has 1 heterocycles. The van der Waals surface area contributed by atoms with Crippen molar-refractivity contribution in [3.05, 3.63) is 41.7 Å². The summed E-state index contributed by atoms with van der Waals surface area (Å²) in [6.07, 6.45) is 2.12. The SMILES string of the molecule is CCn1cc(-c2cccc(C(C)NC)c2)c(C)n1. The molecule has 3 heteroatoms. The topological polar surface area (TPSA) is 29.9 Å². The fraction of sp³-hybridized carbons (Fsp3) is 0.400. The van der Waals surface area contributed by atoms with E-state index in [9.17, 15) is 0 Å². The van der Waals surface area contributed by atoms with Gasteiger partial charge in [-0.25, -0.2) is 0 Å². The third kappa shape index (κ3) is 2.46. The molecule has 0 fully saturated rings. The molecule has 1 aromatic carbocycles. The van der Waals surface area contributed by atoms with Gasteiger partial charge in [-0.15, -0.1) is 0 Å². The number of aryl methyl sites for hydroxylation is 2. The summed E-state index contributed by atoms with van der Waals surface area (Å²) in [4.78, 5) is 0. The summed E-state index contributed by atoms with van der Waals surface area (Å²) >= 11 is 0. The average molecular weight is 243 g/mol. The Morgan fingerprint density at radius 1 is 1.39 bits per heavy atom. The van der Waals surface area contributed by atoms with E-state index in [-0.39, 0.29) is 0 Å². The number of rotatable bonds is 4. The molecule has 0 saturated heterocycles. The van der Waals surface area contributed by atoms with Crippen molar-refractivity contribution in [2.45, 2.75) is 33.4 Å². The first kappa shape index (κ1) is 12.8. The second kappa shape index (κ2) is 5.36. The van der Waals surface area contributed by atoms with Crippen LogP contribution in [0.5, 0.6) is 0 Å². The number of nitrogens with one attached hydrogen (secondary N) is 1. The molecule has 0 bridgehead atoms. The minimum atomic E-state index is 0.367. The third-order valence-corrected chi connectivity index (χ3v) is 3.40. The Hall–Kier alpha value is -1.61. The fourth-order valence-electron chi connectivity index (χ4n) is 2.11. The molecular weight excluding hydrogens is 222 g/mol. The van der Waals surface area contributed by atoms with E-state index in [2.05, 4.69) is 61.6 Å². The minimum Gasteiger partial charge on any atom is -0.313 e. The monoisotopic (exact) mass is 243 g/mol. The van der Waals surface area contributed by atoms with Crippen molar-refractivity contribution in [2.24, 2.45) is 0 Å². The predicted octanol–water partition coefficient (Wildman–Crippen LogP) is 3.16. The van der Waals surface area contributed by atoms with E-state index in [0.29, 0.717) is 6.04 Å². The molecule has 0 aliphatic rings. The first-order chi connectivity index (χ1) is 8.65. The van der Waals surface area contributed by atoms with Crippen molar-refractivity contribution in [1.82, 2.24) is 15.1 Å². The summed E-state index contributed by atoms with van der Waals surface area (Å²) < 4.78 is 1.98. The Bertz CT molecular complexity index is 528. The quantitative estimate of drug-likeness (QED) is 0.894.